The summed E-state index contributed by atoms with van der Waals surface area (Å²) in [4.78, 5) is 17.5. The summed E-state index contributed by atoms with van der Waals surface area (Å²) in [5.74, 6) is 0.710. The van der Waals surface area contributed by atoms with Crippen molar-refractivity contribution in [2.24, 2.45) is 5.41 Å². The Morgan fingerprint density at radius 1 is 1.15 bits per heavy atom. The van der Waals surface area contributed by atoms with Crippen LogP contribution >= 0.6 is 12.4 Å². The lowest BCUT2D eigenvalue weighted by Crippen LogP contribution is -2.54. The molecular formula is C20H23ClFN3O2. The van der Waals surface area contributed by atoms with E-state index in [4.69, 9.17) is 5.11 Å². The second-order valence-electron chi connectivity index (χ2n) is 7.45. The van der Waals surface area contributed by atoms with Crippen molar-refractivity contribution in [3.8, 4) is 11.1 Å². The summed E-state index contributed by atoms with van der Waals surface area (Å²) in [6.07, 6.45) is 4.88. The molecule has 0 bridgehead atoms. The maximum Gasteiger partial charge on any atom is 0.404 e. The zero-order valence-corrected chi connectivity index (χ0v) is 15.7. The number of carbonyl (C=O) groups is 1. The summed E-state index contributed by atoms with van der Waals surface area (Å²) in [7, 11) is 0. The predicted molar refractivity (Wildman–Crippen MR) is 105 cm³/mol. The third-order valence-corrected chi connectivity index (χ3v) is 5.76. The molecule has 1 aliphatic heterocycles. The molecule has 144 valence electrons. The van der Waals surface area contributed by atoms with Gasteiger partial charge < -0.3 is 15.3 Å². The summed E-state index contributed by atoms with van der Waals surface area (Å²) in [6.45, 7) is 1.86. The van der Waals surface area contributed by atoms with E-state index in [9.17, 15) is 9.18 Å². The monoisotopic (exact) mass is 391 g/mol. The van der Waals surface area contributed by atoms with Crippen molar-refractivity contribution in [2.75, 3.05) is 18.0 Å². The van der Waals surface area contributed by atoms with E-state index >= 15 is 0 Å². The van der Waals surface area contributed by atoms with Crippen LogP contribution in [-0.2, 0) is 0 Å². The molecule has 1 saturated carbocycles. The topological polar surface area (TPSA) is 65.5 Å². The van der Waals surface area contributed by atoms with Gasteiger partial charge in [-0.2, -0.15) is 0 Å². The number of anilines is 1. The smallest absolute Gasteiger partial charge is 0.404 e. The van der Waals surface area contributed by atoms with E-state index in [1.165, 1.54) is 12.1 Å². The summed E-state index contributed by atoms with van der Waals surface area (Å²) in [5, 5.41) is 11.4. The number of nitrogens with one attached hydrogen (secondary N) is 1. The first kappa shape index (κ1) is 19.4. The Bertz CT molecular complexity index is 799. The van der Waals surface area contributed by atoms with Crippen LogP contribution in [-0.4, -0.2) is 35.3 Å². The third kappa shape index (κ3) is 4.16. The lowest BCUT2D eigenvalue weighted by molar-refractivity contribution is 0.0529. The Balaban J connectivity index is 0.00000210. The molecule has 1 aromatic carbocycles. The van der Waals surface area contributed by atoms with Gasteiger partial charge in [-0.3, -0.25) is 0 Å². The second-order valence-corrected chi connectivity index (χ2v) is 7.45. The van der Waals surface area contributed by atoms with Crippen LogP contribution in [0.4, 0.5) is 15.0 Å². The molecule has 2 N–H and O–H groups in total. The van der Waals surface area contributed by atoms with Gasteiger partial charge >= 0.3 is 6.09 Å². The number of rotatable bonds is 3. The van der Waals surface area contributed by atoms with Crippen LogP contribution < -0.4 is 10.2 Å². The fourth-order valence-corrected chi connectivity index (χ4v) is 4.29. The molecule has 27 heavy (non-hydrogen) atoms. The van der Waals surface area contributed by atoms with Gasteiger partial charge in [0.2, 0.25) is 0 Å². The summed E-state index contributed by atoms with van der Waals surface area (Å²) >= 11 is 0. The Labute approximate surface area is 164 Å². The van der Waals surface area contributed by atoms with Crippen LogP contribution in [0.25, 0.3) is 11.1 Å². The van der Waals surface area contributed by atoms with Crippen LogP contribution in [0.3, 0.4) is 0 Å². The van der Waals surface area contributed by atoms with E-state index in [1.54, 1.807) is 18.3 Å². The average molecular weight is 392 g/mol. The maximum atomic E-state index is 13.1. The Hall–Kier alpha value is -2.34. The van der Waals surface area contributed by atoms with Crippen LogP contribution in [0, 0.1) is 11.2 Å². The van der Waals surface area contributed by atoms with Crippen LogP contribution in [0.1, 0.15) is 25.7 Å². The van der Waals surface area contributed by atoms with E-state index < -0.39 is 6.09 Å². The Morgan fingerprint density at radius 3 is 2.44 bits per heavy atom. The van der Waals surface area contributed by atoms with Gasteiger partial charge in [-0.05, 0) is 66.5 Å². The van der Waals surface area contributed by atoms with Crippen LogP contribution in [0.2, 0.25) is 0 Å². The molecule has 0 radical (unpaired) electrons. The van der Waals surface area contributed by atoms with Gasteiger partial charge in [-0.15, -0.1) is 12.4 Å². The molecule has 1 amide bonds. The fourth-order valence-electron chi connectivity index (χ4n) is 4.29. The molecule has 1 aromatic heterocycles. The largest absolute Gasteiger partial charge is 0.465 e. The summed E-state index contributed by atoms with van der Waals surface area (Å²) in [5.41, 5.74) is 2.30. The number of hydrogen-bond donors (Lipinski definition) is 2. The molecule has 4 rings (SSSR count). The van der Waals surface area contributed by atoms with Gasteiger partial charge in [0, 0.05) is 25.3 Å². The first-order valence-corrected chi connectivity index (χ1v) is 8.99. The summed E-state index contributed by atoms with van der Waals surface area (Å²) in [6, 6.07) is 10.6. The quantitative estimate of drug-likeness (QED) is 0.817. The van der Waals surface area contributed by atoms with Crippen molar-refractivity contribution < 1.29 is 14.3 Å². The van der Waals surface area contributed by atoms with Crippen molar-refractivity contribution in [3.63, 3.8) is 0 Å². The molecule has 2 fully saturated rings. The molecule has 1 aliphatic carbocycles. The number of amides is 1. The number of pyridine rings is 1. The molecule has 5 nitrogen and oxygen atoms in total. The molecule has 0 atom stereocenters. The van der Waals surface area contributed by atoms with E-state index in [1.807, 2.05) is 6.07 Å². The number of halogens is 2. The van der Waals surface area contributed by atoms with Crippen molar-refractivity contribution in [2.45, 2.75) is 31.7 Å². The lowest BCUT2D eigenvalue weighted by atomic mass is 9.60. The lowest BCUT2D eigenvalue weighted by Gasteiger charge is -2.52. The highest BCUT2D eigenvalue weighted by molar-refractivity contribution is 5.85. The maximum absolute atomic E-state index is 13.1. The third-order valence-electron chi connectivity index (χ3n) is 5.76. The normalized spacial score (nSPS) is 18.5. The standard InChI is InChI=1S/C20H22FN3O2.ClH/c21-16-3-1-14(2-4-16)15-5-8-22-18(11-15)24-9-6-20(7-10-24)12-17(13-20)23-19(25)26;/h1-5,8,11,17,23H,6-7,9-10,12-13H2,(H,25,26);1H. The Kier molecular flexibility index (Phi) is 5.56. The first-order chi connectivity index (χ1) is 12.5. The summed E-state index contributed by atoms with van der Waals surface area (Å²) < 4.78 is 13.1. The first-order valence-electron chi connectivity index (χ1n) is 8.99. The molecule has 0 unspecified atom stereocenters. The molecule has 2 heterocycles. The zero-order valence-electron chi connectivity index (χ0n) is 14.9. The number of hydrogen-bond acceptors (Lipinski definition) is 3. The van der Waals surface area contributed by atoms with E-state index in [0.717, 1.165) is 55.7 Å². The molecular weight excluding hydrogens is 369 g/mol. The number of aromatic nitrogens is 1. The highest BCUT2D eigenvalue weighted by Crippen LogP contribution is 2.49. The highest BCUT2D eigenvalue weighted by Gasteiger charge is 2.46. The SMILES string of the molecule is Cl.O=C(O)NC1CC2(CCN(c3cc(-c4ccc(F)cc4)ccn3)CC2)C1. The van der Waals surface area contributed by atoms with Gasteiger partial charge in [0.05, 0.1) is 0 Å². The molecule has 1 spiro atoms. The number of nitrogens with zero attached hydrogens (tertiary/aromatic N) is 2. The van der Waals surface area contributed by atoms with Gasteiger partial charge in [-0.1, -0.05) is 12.1 Å². The Morgan fingerprint density at radius 2 is 1.81 bits per heavy atom. The number of carboxylic acid groups (broad SMARTS) is 1. The highest BCUT2D eigenvalue weighted by atomic mass is 35.5. The minimum atomic E-state index is -0.927. The molecule has 2 aromatic rings. The van der Waals surface area contributed by atoms with Crippen molar-refractivity contribution in [1.82, 2.24) is 10.3 Å². The molecule has 2 aliphatic rings. The second kappa shape index (κ2) is 7.72. The van der Waals surface area contributed by atoms with Crippen molar-refractivity contribution in [3.05, 3.63) is 48.4 Å². The molecule has 7 heteroatoms. The number of benzene rings is 1. The minimum Gasteiger partial charge on any atom is -0.465 e. The fraction of sp³-hybridized carbons (Fsp3) is 0.400. The van der Waals surface area contributed by atoms with E-state index in [2.05, 4.69) is 21.3 Å². The van der Waals surface area contributed by atoms with E-state index in [-0.39, 0.29) is 29.7 Å². The van der Waals surface area contributed by atoms with E-state index in [0.29, 0.717) is 0 Å². The average Bonchev–Trinajstić information content (AvgIpc) is 2.61. The van der Waals surface area contributed by atoms with Gasteiger partial charge in [0.25, 0.3) is 0 Å². The predicted octanol–water partition coefficient (Wildman–Crippen LogP) is 4.33. The van der Waals surface area contributed by atoms with Gasteiger partial charge in [0.15, 0.2) is 0 Å². The minimum absolute atomic E-state index is 0. The van der Waals surface area contributed by atoms with Crippen LogP contribution in [0.15, 0.2) is 42.6 Å². The molecule has 1 saturated heterocycles. The van der Waals surface area contributed by atoms with Crippen LogP contribution in [0.5, 0.6) is 0 Å². The van der Waals surface area contributed by atoms with Gasteiger partial charge in [-0.25, -0.2) is 14.2 Å². The van der Waals surface area contributed by atoms with Crippen molar-refractivity contribution >= 4 is 24.3 Å². The van der Waals surface area contributed by atoms with Gasteiger partial charge in [0.1, 0.15) is 11.6 Å². The number of piperidine rings is 1. The van der Waals surface area contributed by atoms with Crippen molar-refractivity contribution in [1.29, 1.82) is 0 Å². The zero-order chi connectivity index (χ0) is 18.1.